The van der Waals surface area contributed by atoms with Crippen LogP contribution < -0.4 is 0 Å². The van der Waals surface area contributed by atoms with Gasteiger partial charge in [0.2, 0.25) is 0 Å². The topological polar surface area (TPSA) is 22.0 Å². The first-order valence-electron chi connectivity index (χ1n) is 7.79. The molecule has 0 bridgehead atoms. The van der Waals surface area contributed by atoms with Gasteiger partial charge >= 0.3 is 0 Å². The van der Waals surface area contributed by atoms with Crippen molar-refractivity contribution >= 4 is 5.78 Å². The van der Waals surface area contributed by atoms with E-state index in [2.05, 4.69) is 41.1 Å². The Balaban J connectivity index is 1.86. The third-order valence-corrected chi connectivity index (χ3v) is 4.71. The van der Waals surface area contributed by atoms with Crippen LogP contribution in [0.3, 0.4) is 0 Å². The molecule has 2 aliphatic rings. The van der Waals surface area contributed by atoms with Gasteiger partial charge in [0.05, 0.1) is 5.69 Å². The highest BCUT2D eigenvalue weighted by Crippen LogP contribution is 2.48. The first-order valence-corrected chi connectivity index (χ1v) is 7.79. The summed E-state index contributed by atoms with van der Waals surface area (Å²) in [6.45, 7) is 0. The van der Waals surface area contributed by atoms with Gasteiger partial charge < -0.3 is 4.57 Å². The Labute approximate surface area is 129 Å². The lowest BCUT2D eigenvalue weighted by Gasteiger charge is -2.11. The molecule has 2 heteroatoms. The minimum absolute atomic E-state index is 0.169. The molecule has 1 fully saturated rings. The normalized spacial score (nSPS) is 15.7. The fourth-order valence-electron chi connectivity index (χ4n) is 3.54. The van der Waals surface area contributed by atoms with Gasteiger partial charge in [-0.05, 0) is 24.0 Å². The summed E-state index contributed by atoms with van der Waals surface area (Å²) in [6.07, 6.45) is 4.50. The number of hydrogen-bond acceptors (Lipinski definition) is 1. The van der Waals surface area contributed by atoms with Crippen molar-refractivity contribution in [2.24, 2.45) is 0 Å². The molecule has 0 aliphatic heterocycles. The van der Waals surface area contributed by atoms with E-state index >= 15 is 0 Å². The van der Waals surface area contributed by atoms with Crippen LogP contribution in [0.15, 0.2) is 60.8 Å². The fraction of sp³-hybridized carbons (Fsp3) is 0.150. The van der Waals surface area contributed by atoms with Crippen molar-refractivity contribution in [2.45, 2.75) is 18.9 Å². The first kappa shape index (κ1) is 12.0. The Kier molecular flexibility index (Phi) is 2.29. The van der Waals surface area contributed by atoms with Crippen molar-refractivity contribution in [1.82, 2.24) is 4.57 Å². The van der Waals surface area contributed by atoms with E-state index in [1.54, 1.807) is 0 Å². The zero-order chi connectivity index (χ0) is 14.7. The van der Waals surface area contributed by atoms with E-state index in [4.69, 9.17) is 0 Å². The van der Waals surface area contributed by atoms with Gasteiger partial charge in [0, 0.05) is 28.9 Å². The van der Waals surface area contributed by atoms with Gasteiger partial charge in [0.15, 0.2) is 5.78 Å². The molecule has 22 heavy (non-hydrogen) atoms. The van der Waals surface area contributed by atoms with Crippen molar-refractivity contribution in [2.75, 3.05) is 0 Å². The number of nitrogens with zero attached hydrogens (tertiary/aromatic N) is 1. The summed E-state index contributed by atoms with van der Waals surface area (Å²) in [4.78, 5) is 12.7. The summed E-state index contributed by atoms with van der Waals surface area (Å²) >= 11 is 0. The maximum Gasteiger partial charge on any atom is 0.195 e. The van der Waals surface area contributed by atoms with Crippen LogP contribution >= 0.6 is 0 Å². The summed E-state index contributed by atoms with van der Waals surface area (Å²) in [7, 11) is 0. The minimum atomic E-state index is 0.169. The molecule has 3 aromatic rings. The Hall–Kier alpha value is -2.61. The number of hydrogen-bond donors (Lipinski definition) is 0. The maximum absolute atomic E-state index is 12.7. The van der Waals surface area contributed by atoms with Gasteiger partial charge in [-0.1, -0.05) is 54.6 Å². The van der Waals surface area contributed by atoms with E-state index in [-0.39, 0.29) is 5.78 Å². The van der Waals surface area contributed by atoms with Crippen molar-refractivity contribution in [3.63, 3.8) is 0 Å². The van der Waals surface area contributed by atoms with E-state index < -0.39 is 0 Å². The molecule has 2 aliphatic carbocycles. The molecule has 106 valence electrons. The van der Waals surface area contributed by atoms with Crippen LogP contribution in [-0.2, 0) is 0 Å². The highest BCUT2D eigenvalue weighted by atomic mass is 16.1. The van der Waals surface area contributed by atoms with Gasteiger partial charge in [-0.3, -0.25) is 4.79 Å². The molecule has 0 N–H and O–H groups in total. The molecule has 2 aromatic carbocycles. The van der Waals surface area contributed by atoms with Gasteiger partial charge in [-0.15, -0.1) is 0 Å². The minimum Gasteiger partial charge on any atom is -0.343 e. The van der Waals surface area contributed by atoms with Crippen molar-refractivity contribution in [3.8, 4) is 22.4 Å². The molecule has 2 nitrogen and oxygen atoms in total. The first-order chi connectivity index (χ1) is 10.8. The average Bonchev–Trinajstić information content (AvgIpc) is 3.29. The standard InChI is InChI=1S/C20H15NO/c22-20-16-9-5-4-8-15(16)18-17(20)12-21(14-10-11-14)19(18)13-6-2-1-3-7-13/h1-9,12,14H,10-11H2. The predicted molar refractivity (Wildman–Crippen MR) is 87.0 cm³/mol. The second-order valence-electron chi connectivity index (χ2n) is 6.15. The van der Waals surface area contributed by atoms with E-state index in [0.29, 0.717) is 6.04 Å². The molecule has 0 spiro atoms. The van der Waals surface area contributed by atoms with E-state index in [1.165, 1.54) is 24.1 Å². The van der Waals surface area contributed by atoms with Crippen LogP contribution in [-0.4, -0.2) is 10.4 Å². The predicted octanol–water partition coefficient (Wildman–Crippen LogP) is 4.70. The summed E-state index contributed by atoms with van der Waals surface area (Å²) in [5.74, 6) is 0.169. The molecule has 1 saturated carbocycles. The maximum atomic E-state index is 12.7. The van der Waals surface area contributed by atoms with Gasteiger partial charge in [-0.25, -0.2) is 0 Å². The summed E-state index contributed by atoms with van der Waals surface area (Å²) < 4.78 is 2.33. The zero-order valence-corrected chi connectivity index (χ0v) is 12.1. The number of carbonyl (C=O) groups is 1. The van der Waals surface area contributed by atoms with E-state index in [9.17, 15) is 4.79 Å². The number of benzene rings is 2. The lowest BCUT2D eigenvalue weighted by Crippen LogP contribution is -1.99. The second-order valence-corrected chi connectivity index (χ2v) is 6.15. The Morgan fingerprint density at radius 1 is 0.818 bits per heavy atom. The average molecular weight is 285 g/mol. The van der Waals surface area contributed by atoms with E-state index in [1.807, 2.05) is 24.3 Å². The van der Waals surface area contributed by atoms with Crippen LogP contribution in [0.25, 0.3) is 22.4 Å². The number of aromatic nitrogens is 1. The molecule has 0 atom stereocenters. The zero-order valence-electron chi connectivity index (χ0n) is 12.1. The Bertz CT molecular complexity index is 901. The second kappa shape index (κ2) is 4.20. The highest BCUT2D eigenvalue weighted by molar-refractivity contribution is 6.23. The van der Waals surface area contributed by atoms with Gasteiger partial charge in [0.1, 0.15) is 0 Å². The van der Waals surface area contributed by atoms with Crippen LogP contribution in [0, 0.1) is 0 Å². The number of ketones is 1. The molecule has 0 amide bonds. The largest absolute Gasteiger partial charge is 0.343 e. The van der Waals surface area contributed by atoms with E-state index in [0.717, 1.165) is 22.3 Å². The monoisotopic (exact) mass is 285 g/mol. The van der Waals surface area contributed by atoms with Crippen LogP contribution in [0.1, 0.15) is 34.8 Å². The number of fused-ring (bicyclic) bond motifs is 3. The number of carbonyl (C=O) groups excluding carboxylic acids is 1. The summed E-state index contributed by atoms with van der Waals surface area (Å²) in [5, 5.41) is 0. The number of rotatable bonds is 2. The summed E-state index contributed by atoms with van der Waals surface area (Å²) in [6, 6.07) is 19.0. The third kappa shape index (κ3) is 1.52. The SMILES string of the molecule is O=C1c2ccccc2-c2c1cn(C1CC1)c2-c1ccccc1. The molecule has 0 saturated heterocycles. The third-order valence-electron chi connectivity index (χ3n) is 4.71. The smallest absolute Gasteiger partial charge is 0.195 e. The van der Waals surface area contributed by atoms with Crippen molar-refractivity contribution in [3.05, 3.63) is 71.9 Å². The van der Waals surface area contributed by atoms with Gasteiger partial charge in [0.25, 0.3) is 0 Å². The molecular formula is C20H15NO. The Morgan fingerprint density at radius 2 is 1.50 bits per heavy atom. The highest BCUT2D eigenvalue weighted by Gasteiger charge is 2.36. The van der Waals surface area contributed by atoms with Gasteiger partial charge in [-0.2, -0.15) is 0 Å². The van der Waals surface area contributed by atoms with Crippen LogP contribution in [0.5, 0.6) is 0 Å². The lowest BCUT2D eigenvalue weighted by atomic mass is 10.0. The van der Waals surface area contributed by atoms with Crippen molar-refractivity contribution < 1.29 is 4.79 Å². The molecule has 1 aromatic heterocycles. The Morgan fingerprint density at radius 3 is 2.23 bits per heavy atom. The summed E-state index contributed by atoms with van der Waals surface area (Å²) in [5.41, 5.74) is 6.32. The van der Waals surface area contributed by atoms with Crippen LogP contribution in [0.2, 0.25) is 0 Å². The lowest BCUT2D eigenvalue weighted by molar-refractivity contribution is 0.104. The molecular weight excluding hydrogens is 270 g/mol. The molecule has 0 unspecified atom stereocenters. The molecule has 0 radical (unpaired) electrons. The quantitative estimate of drug-likeness (QED) is 0.523. The fourth-order valence-corrected chi connectivity index (χ4v) is 3.54. The molecule has 5 rings (SSSR count). The molecule has 1 heterocycles. The van der Waals surface area contributed by atoms with Crippen molar-refractivity contribution in [1.29, 1.82) is 0 Å². The van der Waals surface area contributed by atoms with Crippen LogP contribution in [0.4, 0.5) is 0 Å².